The van der Waals surface area contributed by atoms with Crippen LogP contribution in [-0.2, 0) is 6.61 Å². The molecule has 0 radical (unpaired) electrons. The zero-order chi connectivity index (χ0) is 21.9. The number of aromatic nitrogens is 3. The van der Waals surface area contributed by atoms with Gasteiger partial charge in [0, 0.05) is 21.4 Å². The molecule has 32 heavy (non-hydrogen) atoms. The van der Waals surface area contributed by atoms with Crippen LogP contribution in [-0.4, -0.2) is 14.6 Å². The van der Waals surface area contributed by atoms with E-state index in [1.165, 1.54) is 15.5 Å². The summed E-state index contributed by atoms with van der Waals surface area (Å²) in [6, 6.07) is 27.9. The molecule has 0 saturated carbocycles. The van der Waals surface area contributed by atoms with Crippen molar-refractivity contribution < 1.29 is 4.74 Å². The van der Waals surface area contributed by atoms with E-state index in [-0.39, 0.29) is 12.2 Å². The van der Waals surface area contributed by atoms with E-state index in [0.29, 0.717) is 11.3 Å². The van der Waals surface area contributed by atoms with Crippen LogP contribution in [0.5, 0.6) is 5.75 Å². The number of H-pyrrole nitrogens is 1. The predicted molar refractivity (Wildman–Crippen MR) is 127 cm³/mol. The highest BCUT2D eigenvalue weighted by atomic mass is 32.2. The summed E-state index contributed by atoms with van der Waals surface area (Å²) >= 11 is 1.71. The molecule has 0 unspecified atom stereocenters. The molecule has 0 aliphatic heterocycles. The Kier molecular flexibility index (Phi) is 5.52. The fourth-order valence-corrected chi connectivity index (χ4v) is 4.35. The summed E-state index contributed by atoms with van der Waals surface area (Å²) in [5.74, 6) is 0.769. The van der Waals surface area contributed by atoms with Crippen molar-refractivity contribution in [1.29, 1.82) is 0 Å². The number of hydrogen-bond acceptors (Lipinski definition) is 4. The van der Waals surface area contributed by atoms with E-state index >= 15 is 0 Å². The van der Waals surface area contributed by atoms with Crippen LogP contribution in [0.3, 0.4) is 0 Å². The third-order valence-electron chi connectivity index (χ3n) is 5.08. The summed E-state index contributed by atoms with van der Waals surface area (Å²) < 4.78 is 7.26. The Morgan fingerprint density at radius 2 is 1.72 bits per heavy atom. The molecule has 0 aliphatic rings. The minimum absolute atomic E-state index is 0.191. The number of nitrogens with zero attached hydrogens (tertiary/aromatic N) is 2. The second kappa shape index (κ2) is 8.77. The highest BCUT2D eigenvalue weighted by Crippen LogP contribution is 2.30. The van der Waals surface area contributed by atoms with Crippen LogP contribution in [0.2, 0.25) is 0 Å². The molecule has 0 fully saturated rings. The van der Waals surface area contributed by atoms with Gasteiger partial charge in [-0.25, -0.2) is 0 Å². The highest BCUT2D eigenvalue weighted by Gasteiger charge is 2.11. The standard InChI is InChI=1S/C26H21N3O2S/c1-18-6-5-7-21(14-18)31-17-20-15-25(30)29-26(28-20)24(16-27-29)19-10-12-23(13-11-19)32-22-8-3-2-4-9-22/h2-16,28H,17H2,1H3. The maximum absolute atomic E-state index is 12.6. The van der Waals surface area contributed by atoms with Crippen molar-refractivity contribution in [2.24, 2.45) is 0 Å². The van der Waals surface area contributed by atoms with Crippen LogP contribution >= 0.6 is 11.8 Å². The molecule has 0 saturated heterocycles. The van der Waals surface area contributed by atoms with E-state index in [1.807, 2.05) is 49.4 Å². The number of benzene rings is 3. The lowest BCUT2D eigenvalue weighted by molar-refractivity contribution is 0.301. The number of rotatable bonds is 6. The zero-order valence-corrected chi connectivity index (χ0v) is 18.3. The third kappa shape index (κ3) is 4.31. The summed E-state index contributed by atoms with van der Waals surface area (Å²) in [7, 11) is 0. The highest BCUT2D eigenvalue weighted by molar-refractivity contribution is 7.99. The molecule has 0 aliphatic carbocycles. The largest absolute Gasteiger partial charge is 0.487 e. The molecule has 0 bridgehead atoms. The Morgan fingerprint density at radius 1 is 0.938 bits per heavy atom. The Bertz CT molecular complexity index is 1420. The van der Waals surface area contributed by atoms with Crippen molar-refractivity contribution in [3.63, 3.8) is 0 Å². The average Bonchev–Trinajstić information content (AvgIpc) is 3.24. The predicted octanol–water partition coefficient (Wildman–Crippen LogP) is 5.73. The summed E-state index contributed by atoms with van der Waals surface area (Å²) in [4.78, 5) is 18.3. The zero-order valence-electron chi connectivity index (χ0n) is 17.5. The van der Waals surface area contributed by atoms with Crippen LogP contribution < -0.4 is 10.3 Å². The van der Waals surface area contributed by atoms with Crippen LogP contribution in [0.1, 0.15) is 11.3 Å². The Hall–Kier alpha value is -3.77. The van der Waals surface area contributed by atoms with Gasteiger partial charge in [-0.05, 0) is 54.4 Å². The van der Waals surface area contributed by atoms with Gasteiger partial charge in [0.05, 0.1) is 11.9 Å². The number of fused-ring (bicyclic) bond motifs is 1. The molecular weight excluding hydrogens is 418 g/mol. The van der Waals surface area contributed by atoms with Crippen molar-refractivity contribution >= 4 is 17.4 Å². The van der Waals surface area contributed by atoms with Gasteiger partial charge in [-0.15, -0.1) is 0 Å². The molecule has 6 heteroatoms. The van der Waals surface area contributed by atoms with Gasteiger partial charge in [0.25, 0.3) is 5.56 Å². The van der Waals surface area contributed by atoms with Crippen LogP contribution in [0.4, 0.5) is 0 Å². The van der Waals surface area contributed by atoms with Crippen molar-refractivity contribution in [2.45, 2.75) is 23.3 Å². The van der Waals surface area contributed by atoms with Crippen molar-refractivity contribution in [2.75, 3.05) is 0 Å². The van der Waals surface area contributed by atoms with E-state index in [9.17, 15) is 4.79 Å². The summed E-state index contributed by atoms with van der Waals surface area (Å²) in [5.41, 5.74) is 4.15. The molecule has 1 N–H and O–H groups in total. The first-order chi connectivity index (χ1) is 15.7. The third-order valence-corrected chi connectivity index (χ3v) is 6.10. The smallest absolute Gasteiger partial charge is 0.274 e. The number of ether oxygens (including phenoxy) is 1. The second-order valence-electron chi connectivity index (χ2n) is 7.50. The van der Waals surface area contributed by atoms with Crippen LogP contribution in [0.25, 0.3) is 16.8 Å². The maximum atomic E-state index is 12.6. The maximum Gasteiger partial charge on any atom is 0.274 e. The SMILES string of the molecule is Cc1cccc(OCc2cc(=O)n3ncc(-c4ccc(Sc5ccccc5)cc4)c3[nH]2)c1. The van der Waals surface area contributed by atoms with Crippen LogP contribution in [0, 0.1) is 6.92 Å². The molecule has 3 aromatic carbocycles. The first-order valence-corrected chi connectivity index (χ1v) is 11.1. The minimum atomic E-state index is -0.191. The van der Waals surface area contributed by atoms with Gasteiger partial charge in [0.1, 0.15) is 18.0 Å². The van der Waals surface area contributed by atoms with Crippen LogP contribution in [0.15, 0.2) is 106 Å². The van der Waals surface area contributed by atoms with Crippen molar-refractivity contribution in [1.82, 2.24) is 14.6 Å². The Labute approximate surface area is 189 Å². The van der Waals surface area contributed by atoms with Gasteiger partial charge >= 0.3 is 0 Å². The number of hydrogen-bond donors (Lipinski definition) is 1. The van der Waals surface area contributed by atoms with E-state index in [1.54, 1.807) is 18.0 Å². The second-order valence-corrected chi connectivity index (χ2v) is 8.64. The fourth-order valence-electron chi connectivity index (χ4n) is 3.52. The molecule has 0 spiro atoms. The molecule has 5 nitrogen and oxygen atoms in total. The van der Waals surface area contributed by atoms with Gasteiger partial charge in [-0.3, -0.25) is 4.79 Å². The summed E-state index contributed by atoms with van der Waals surface area (Å²) in [6.07, 6.45) is 1.72. The lowest BCUT2D eigenvalue weighted by Crippen LogP contribution is -2.16. The minimum Gasteiger partial charge on any atom is -0.487 e. The van der Waals surface area contributed by atoms with Gasteiger partial charge < -0.3 is 9.72 Å². The molecule has 0 atom stereocenters. The number of nitrogens with one attached hydrogen (secondary N) is 1. The van der Waals surface area contributed by atoms with Crippen molar-refractivity contribution in [3.05, 3.63) is 113 Å². The van der Waals surface area contributed by atoms with E-state index < -0.39 is 0 Å². The van der Waals surface area contributed by atoms with Gasteiger partial charge in [-0.2, -0.15) is 9.61 Å². The van der Waals surface area contributed by atoms with E-state index in [2.05, 4.69) is 46.5 Å². The first kappa shape index (κ1) is 20.2. The quantitative estimate of drug-likeness (QED) is 0.367. The Morgan fingerprint density at radius 3 is 2.50 bits per heavy atom. The molecule has 158 valence electrons. The van der Waals surface area contributed by atoms with E-state index in [4.69, 9.17) is 4.74 Å². The average molecular weight is 440 g/mol. The lowest BCUT2D eigenvalue weighted by Gasteiger charge is -2.08. The van der Waals surface area contributed by atoms with E-state index in [0.717, 1.165) is 27.3 Å². The number of aryl methyl sites for hydroxylation is 1. The molecule has 2 heterocycles. The monoisotopic (exact) mass is 439 g/mol. The van der Waals surface area contributed by atoms with Gasteiger partial charge in [-0.1, -0.05) is 54.2 Å². The number of aromatic amines is 1. The first-order valence-electron chi connectivity index (χ1n) is 10.3. The molecule has 2 aromatic heterocycles. The summed E-state index contributed by atoms with van der Waals surface area (Å²) in [6.45, 7) is 2.29. The Balaban J connectivity index is 1.41. The van der Waals surface area contributed by atoms with Gasteiger partial charge in [0.2, 0.25) is 0 Å². The topological polar surface area (TPSA) is 59.4 Å². The molecule has 0 amide bonds. The molecular formula is C26H21N3O2S. The molecule has 5 rings (SSSR count). The normalized spacial score (nSPS) is 11.0. The molecule has 5 aromatic rings. The summed E-state index contributed by atoms with van der Waals surface area (Å²) in [5, 5.41) is 4.28. The fraction of sp³-hybridized carbons (Fsp3) is 0.0769. The lowest BCUT2D eigenvalue weighted by atomic mass is 10.1. The van der Waals surface area contributed by atoms with Crippen molar-refractivity contribution in [3.8, 4) is 16.9 Å². The van der Waals surface area contributed by atoms with Gasteiger partial charge in [0.15, 0.2) is 0 Å².